The van der Waals surface area contributed by atoms with E-state index in [4.69, 9.17) is 4.74 Å². The molecule has 1 amide bonds. The van der Waals surface area contributed by atoms with Crippen LogP contribution < -0.4 is 10.9 Å². The Hall–Kier alpha value is -2.39. The van der Waals surface area contributed by atoms with Crippen molar-refractivity contribution in [1.82, 2.24) is 14.9 Å². The van der Waals surface area contributed by atoms with Gasteiger partial charge in [0, 0.05) is 26.3 Å². The summed E-state index contributed by atoms with van der Waals surface area (Å²) in [6.07, 6.45) is 5.73. The van der Waals surface area contributed by atoms with E-state index in [0.717, 1.165) is 11.8 Å². The van der Waals surface area contributed by atoms with Crippen molar-refractivity contribution in [2.24, 2.45) is 17.8 Å². The molecule has 0 spiro atoms. The molecule has 0 radical (unpaired) electrons. The standard InChI is InChI=1S/C24H31N3O5S/c1-14(19-11-15-4-5-16(19)10-15)25-21(28)13-33-24-26-20-12-17(23(30)31)6-7-18(20)22(29)27(24)8-3-9-32-2/h6-7,12,14-16,19H,3-5,8-11,13H2,1-2H3,(H,25,28)(H,30,31). The highest BCUT2D eigenvalue weighted by Crippen LogP contribution is 2.49. The fourth-order valence-electron chi connectivity index (χ4n) is 5.45. The SMILES string of the molecule is COCCCn1c(SCC(=O)NC(C)C2CC3CCC2C3)nc2cc(C(=O)O)ccc2c1=O. The van der Waals surface area contributed by atoms with E-state index in [1.165, 1.54) is 55.6 Å². The molecule has 4 atom stereocenters. The molecule has 2 aromatic rings. The second kappa shape index (κ2) is 10.3. The average Bonchev–Trinajstić information content (AvgIpc) is 3.43. The van der Waals surface area contributed by atoms with Gasteiger partial charge in [-0.25, -0.2) is 9.78 Å². The van der Waals surface area contributed by atoms with Gasteiger partial charge in [0.1, 0.15) is 0 Å². The molecule has 9 heteroatoms. The van der Waals surface area contributed by atoms with E-state index in [-0.39, 0.29) is 28.8 Å². The molecule has 0 saturated heterocycles. The van der Waals surface area contributed by atoms with Gasteiger partial charge in [0.15, 0.2) is 5.16 Å². The van der Waals surface area contributed by atoms with Crippen molar-refractivity contribution in [2.75, 3.05) is 19.5 Å². The maximum atomic E-state index is 13.1. The molecule has 1 aromatic carbocycles. The van der Waals surface area contributed by atoms with Crippen LogP contribution in [-0.4, -0.2) is 52.0 Å². The third kappa shape index (κ3) is 5.24. The average molecular weight is 474 g/mol. The van der Waals surface area contributed by atoms with E-state index in [1.54, 1.807) is 11.7 Å². The number of hydrogen-bond donors (Lipinski definition) is 2. The summed E-state index contributed by atoms with van der Waals surface area (Å²) in [4.78, 5) is 41.7. The first-order valence-electron chi connectivity index (χ1n) is 11.6. The van der Waals surface area contributed by atoms with E-state index in [1.807, 2.05) is 0 Å². The summed E-state index contributed by atoms with van der Waals surface area (Å²) in [6.45, 7) is 2.99. The number of carbonyl (C=O) groups excluding carboxylic acids is 1. The smallest absolute Gasteiger partial charge is 0.335 e. The minimum absolute atomic E-state index is 0.0694. The van der Waals surface area contributed by atoms with E-state index >= 15 is 0 Å². The molecule has 2 aliphatic carbocycles. The molecule has 33 heavy (non-hydrogen) atoms. The summed E-state index contributed by atoms with van der Waals surface area (Å²) >= 11 is 1.21. The van der Waals surface area contributed by atoms with Gasteiger partial charge in [0.05, 0.1) is 22.2 Å². The Kier molecular flexibility index (Phi) is 7.38. The van der Waals surface area contributed by atoms with Crippen molar-refractivity contribution in [3.05, 3.63) is 34.1 Å². The van der Waals surface area contributed by atoms with E-state index in [9.17, 15) is 19.5 Å². The number of benzene rings is 1. The van der Waals surface area contributed by atoms with Crippen molar-refractivity contribution < 1.29 is 19.4 Å². The molecule has 2 aliphatic rings. The second-order valence-corrected chi connectivity index (χ2v) is 10.2. The Morgan fingerprint density at radius 3 is 2.82 bits per heavy atom. The summed E-state index contributed by atoms with van der Waals surface area (Å²) < 4.78 is 6.67. The van der Waals surface area contributed by atoms with Crippen LogP contribution in [0.25, 0.3) is 10.9 Å². The number of methoxy groups -OCH3 is 1. The molecule has 2 saturated carbocycles. The highest BCUT2D eigenvalue weighted by molar-refractivity contribution is 7.99. The minimum Gasteiger partial charge on any atom is -0.478 e. The van der Waals surface area contributed by atoms with E-state index in [2.05, 4.69) is 17.2 Å². The number of thioether (sulfide) groups is 1. The zero-order valence-corrected chi connectivity index (χ0v) is 19.9. The van der Waals surface area contributed by atoms with Gasteiger partial charge in [0.25, 0.3) is 5.56 Å². The fraction of sp³-hybridized carbons (Fsp3) is 0.583. The maximum absolute atomic E-state index is 13.1. The molecular weight excluding hydrogens is 442 g/mol. The molecule has 1 aromatic heterocycles. The van der Waals surface area contributed by atoms with Crippen LogP contribution in [0, 0.1) is 17.8 Å². The maximum Gasteiger partial charge on any atom is 0.335 e. The monoisotopic (exact) mass is 473 g/mol. The number of amides is 1. The van der Waals surface area contributed by atoms with Gasteiger partial charge in [-0.05, 0) is 68.6 Å². The first-order chi connectivity index (χ1) is 15.9. The summed E-state index contributed by atoms with van der Waals surface area (Å²) in [5.41, 5.74) is 0.146. The van der Waals surface area contributed by atoms with Crippen LogP contribution in [-0.2, 0) is 16.1 Å². The number of carboxylic acids is 1. The molecule has 2 fully saturated rings. The Morgan fingerprint density at radius 1 is 1.33 bits per heavy atom. The Morgan fingerprint density at radius 2 is 2.15 bits per heavy atom. The lowest BCUT2D eigenvalue weighted by Crippen LogP contribution is -2.41. The summed E-state index contributed by atoms with van der Waals surface area (Å²) in [5, 5.41) is 13.2. The lowest BCUT2D eigenvalue weighted by Gasteiger charge is -2.28. The fourth-order valence-corrected chi connectivity index (χ4v) is 6.28. The number of aromatic carboxylic acids is 1. The van der Waals surface area contributed by atoms with Gasteiger partial charge >= 0.3 is 5.97 Å². The molecule has 178 valence electrons. The number of nitrogens with one attached hydrogen (secondary N) is 1. The lowest BCUT2D eigenvalue weighted by atomic mass is 9.84. The summed E-state index contributed by atoms with van der Waals surface area (Å²) in [7, 11) is 1.60. The van der Waals surface area contributed by atoms with Gasteiger partial charge in [0.2, 0.25) is 5.91 Å². The molecule has 8 nitrogen and oxygen atoms in total. The minimum atomic E-state index is -1.08. The van der Waals surface area contributed by atoms with Gasteiger partial charge in [-0.15, -0.1) is 0 Å². The number of hydrogen-bond acceptors (Lipinski definition) is 6. The van der Waals surface area contributed by atoms with Crippen LogP contribution in [0.2, 0.25) is 0 Å². The number of nitrogens with zero attached hydrogens (tertiary/aromatic N) is 2. The van der Waals surface area contributed by atoms with Crippen molar-refractivity contribution in [3.63, 3.8) is 0 Å². The third-order valence-electron chi connectivity index (χ3n) is 7.05. The third-order valence-corrected chi connectivity index (χ3v) is 8.03. The zero-order chi connectivity index (χ0) is 23.5. The van der Waals surface area contributed by atoms with Crippen molar-refractivity contribution in [2.45, 2.75) is 56.8 Å². The summed E-state index contributed by atoms with van der Waals surface area (Å²) in [5.74, 6) is 1.10. The highest BCUT2D eigenvalue weighted by Gasteiger charge is 2.42. The number of aromatic nitrogens is 2. The molecule has 4 unspecified atom stereocenters. The van der Waals surface area contributed by atoms with Crippen LogP contribution in [0.15, 0.2) is 28.2 Å². The number of fused-ring (bicyclic) bond motifs is 3. The molecule has 0 aliphatic heterocycles. The van der Waals surface area contributed by atoms with Gasteiger partial charge in [-0.1, -0.05) is 18.2 Å². The van der Waals surface area contributed by atoms with Crippen LogP contribution in [0.5, 0.6) is 0 Å². The first kappa shape index (κ1) is 23.8. The summed E-state index contributed by atoms with van der Waals surface area (Å²) in [6, 6.07) is 4.45. The van der Waals surface area contributed by atoms with Crippen LogP contribution in [0.1, 0.15) is 49.4 Å². The van der Waals surface area contributed by atoms with Crippen LogP contribution >= 0.6 is 11.8 Å². The number of carbonyl (C=O) groups is 2. The van der Waals surface area contributed by atoms with Crippen LogP contribution in [0.4, 0.5) is 0 Å². The topological polar surface area (TPSA) is 111 Å². The molecule has 4 rings (SSSR count). The van der Waals surface area contributed by atoms with Crippen molar-refractivity contribution in [3.8, 4) is 0 Å². The Balaban J connectivity index is 1.50. The Bertz CT molecular complexity index is 1100. The van der Waals surface area contributed by atoms with Gasteiger partial charge in [-0.2, -0.15) is 0 Å². The van der Waals surface area contributed by atoms with E-state index in [0.29, 0.717) is 41.5 Å². The normalized spacial score (nSPS) is 22.5. The molecular formula is C24H31N3O5S. The first-order valence-corrected chi connectivity index (χ1v) is 12.5. The van der Waals surface area contributed by atoms with Crippen LogP contribution in [0.3, 0.4) is 0 Å². The quantitative estimate of drug-likeness (QED) is 0.310. The highest BCUT2D eigenvalue weighted by atomic mass is 32.2. The largest absolute Gasteiger partial charge is 0.478 e. The zero-order valence-electron chi connectivity index (χ0n) is 19.1. The molecule has 2 bridgehead atoms. The predicted molar refractivity (Wildman–Crippen MR) is 127 cm³/mol. The predicted octanol–water partition coefficient (Wildman–Crippen LogP) is 3.16. The van der Waals surface area contributed by atoms with Crippen molar-refractivity contribution in [1.29, 1.82) is 0 Å². The molecule has 1 heterocycles. The number of rotatable bonds is 10. The van der Waals surface area contributed by atoms with Gasteiger partial charge < -0.3 is 15.2 Å². The lowest BCUT2D eigenvalue weighted by molar-refractivity contribution is -0.119. The van der Waals surface area contributed by atoms with Gasteiger partial charge in [-0.3, -0.25) is 14.2 Å². The number of carboxylic acid groups (broad SMARTS) is 1. The number of ether oxygens (including phenoxy) is 1. The Labute approximate surface area is 197 Å². The second-order valence-electron chi connectivity index (χ2n) is 9.22. The van der Waals surface area contributed by atoms with Crippen molar-refractivity contribution >= 4 is 34.5 Å². The van der Waals surface area contributed by atoms with E-state index < -0.39 is 5.97 Å². The molecule has 2 N–H and O–H groups in total.